The summed E-state index contributed by atoms with van der Waals surface area (Å²) < 4.78 is 5.25. The molecule has 0 unspecified atom stereocenters. The standard InChI is InChI=1S/C20H22N6OS/c1-11-6-5-7-12(2)17(11)24-20(28)26-18(21)25-19-22-13(3)15-10-14(27-4)8-9-16(15)23-19/h5-10H,1-4H3,(H4,21,22,23,24,25,26,28)/p+1. The number of guanidine groups is 1. The molecule has 0 aliphatic heterocycles. The zero-order valence-electron chi connectivity index (χ0n) is 16.3. The molecule has 8 heteroatoms. The van der Waals surface area contributed by atoms with Crippen LogP contribution in [0.5, 0.6) is 5.75 Å². The largest absolute Gasteiger partial charge is 0.497 e. The summed E-state index contributed by atoms with van der Waals surface area (Å²) in [7, 11) is 1.63. The summed E-state index contributed by atoms with van der Waals surface area (Å²) in [6, 6.07) is 11.7. The highest BCUT2D eigenvalue weighted by atomic mass is 32.1. The van der Waals surface area contributed by atoms with Crippen LogP contribution in [0.4, 0.5) is 11.6 Å². The Morgan fingerprint density at radius 3 is 2.46 bits per heavy atom. The molecule has 0 saturated heterocycles. The fraction of sp³-hybridized carbons (Fsp3) is 0.200. The fourth-order valence-corrected chi connectivity index (χ4v) is 3.09. The van der Waals surface area contributed by atoms with Gasteiger partial charge in [-0.3, -0.25) is 5.32 Å². The molecule has 0 amide bonds. The van der Waals surface area contributed by atoms with Crippen LogP contribution in [0.25, 0.3) is 10.9 Å². The monoisotopic (exact) mass is 395 g/mol. The molecule has 0 fully saturated rings. The van der Waals surface area contributed by atoms with E-state index in [1.807, 2.05) is 57.2 Å². The Hall–Kier alpha value is -3.26. The second-order valence-corrected chi connectivity index (χ2v) is 6.81. The Balaban J connectivity index is 1.78. The van der Waals surface area contributed by atoms with E-state index in [-0.39, 0.29) is 5.96 Å². The van der Waals surface area contributed by atoms with Gasteiger partial charge < -0.3 is 10.5 Å². The summed E-state index contributed by atoms with van der Waals surface area (Å²) in [4.78, 5) is 11.9. The van der Waals surface area contributed by atoms with Gasteiger partial charge in [-0.2, -0.15) is 0 Å². The number of aromatic nitrogens is 2. The quantitative estimate of drug-likeness (QED) is 0.305. The average Bonchev–Trinajstić information content (AvgIpc) is 2.64. The summed E-state index contributed by atoms with van der Waals surface area (Å²) in [5.41, 5.74) is 10.8. The van der Waals surface area contributed by atoms with Crippen molar-refractivity contribution in [2.24, 2.45) is 5.73 Å². The van der Waals surface area contributed by atoms with Gasteiger partial charge in [0.15, 0.2) is 0 Å². The first-order valence-electron chi connectivity index (χ1n) is 8.73. The minimum Gasteiger partial charge on any atom is -0.497 e. The molecule has 7 nitrogen and oxygen atoms in total. The molecule has 2 aromatic carbocycles. The zero-order valence-corrected chi connectivity index (χ0v) is 17.1. The van der Waals surface area contributed by atoms with Crippen molar-refractivity contribution in [2.75, 3.05) is 17.7 Å². The predicted octanol–water partition coefficient (Wildman–Crippen LogP) is 1.77. The van der Waals surface area contributed by atoms with E-state index in [4.69, 9.17) is 22.7 Å². The maximum Gasteiger partial charge on any atom is 0.312 e. The smallest absolute Gasteiger partial charge is 0.312 e. The second-order valence-electron chi connectivity index (χ2n) is 6.40. The van der Waals surface area contributed by atoms with Crippen LogP contribution in [0, 0.1) is 20.8 Å². The Morgan fingerprint density at radius 2 is 1.79 bits per heavy atom. The van der Waals surface area contributed by atoms with Crippen LogP contribution in [0.1, 0.15) is 16.8 Å². The number of fused-ring (bicyclic) bond motifs is 1. The topological polar surface area (TPSA) is 99.1 Å². The number of hydrogen-bond donors (Lipinski definition) is 4. The number of para-hydroxylation sites is 1. The maximum atomic E-state index is 6.04. The molecule has 1 heterocycles. The van der Waals surface area contributed by atoms with E-state index in [0.29, 0.717) is 11.1 Å². The van der Waals surface area contributed by atoms with E-state index in [1.165, 1.54) is 0 Å². The van der Waals surface area contributed by atoms with Gasteiger partial charge in [0.05, 0.1) is 24.0 Å². The number of hydrogen-bond acceptors (Lipinski definition) is 4. The lowest BCUT2D eigenvalue weighted by Crippen LogP contribution is -2.82. The van der Waals surface area contributed by atoms with Gasteiger partial charge in [-0.15, -0.1) is 0 Å². The summed E-state index contributed by atoms with van der Waals surface area (Å²) in [6.07, 6.45) is 0. The first-order valence-corrected chi connectivity index (χ1v) is 9.14. The predicted molar refractivity (Wildman–Crippen MR) is 117 cm³/mol. The van der Waals surface area contributed by atoms with E-state index in [0.717, 1.165) is 39.2 Å². The van der Waals surface area contributed by atoms with Crippen molar-refractivity contribution in [1.29, 1.82) is 0 Å². The molecule has 0 spiro atoms. The van der Waals surface area contributed by atoms with Crippen molar-refractivity contribution in [3.8, 4) is 5.75 Å². The van der Waals surface area contributed by atoms with E-state index in [9.17, 15) is 0 Å². The van der Waals surface area contributed by atoms with Crippen molar-refractivity contribution < 1.29 is 9.73 Å². The lowest BCUT2D eigenvalue weighted by molar-refractivity contribution is -0.311. The molecule has 3 rings (SSSR count). The molecule has 0 atom stereocenters. The number of thiocarbonyl (C=S) groups is 1. The second kappa shape index (κ2) is 8.18. The molecule has 1 aromatic heterocycles. The Bertz CT molecular complexity index is 1060. The van der Waals surface area contributed by atoms with Gasteiger partial charge in [0, 0.05) is 5.39 Å². The lowest BCUT2D eigenvalue weighted by Gasteiger charge is -2.09. The summed E-state index contributed by atoms with van der Waals surface area (Å²) in [6.45, 7) is 5.94. The van der Waals surface area contributed by atoms with Crippen LogP contribution in [0.15, 0.2) is 36.4 Å². The molecule has 0 aliphatic rings. The third-order valence-electron chi connectivity index (χ3n) is 4.31. The van der Waals surface area contributed by atoms with Crippen molar-refractivity contribution >= 4 is 45.8 Å². The average molecular weight is 396 g/mol. The SMILES string of the molecule is COc1ccc2nc(NC(N)=[NH+]C(=S)Nc3c(C)cccc3C)nc(C)c2c1. The molecule has 0 saturated carbocycles. The summed E-state index contributed by atoms with van der Waals surface area (Å²) in [5.74, 6) is 1.38. The van der Waals surface area contributed by atoms with Crippen molar-refractivity contribution in [3.05, 3.63) is 53.2 Å². The zero-order chi connectivity index (χ0) is 20.3. The first-order chi connectivity index (χ1) is 13.4. The van der Waals surface area contributed by atoms with E-state index < -0.39 is 0 Å². The molecular weight excluding hydrogens is 372 g/mol. The van der Waals surface area contributed by atoms with Crippen molar-refractivity contribution in [1.82, 2.24) is 9.97 Å². The van der Waals surface area contributed by atoms with Gasteiger partial charge in [0.1, 0.15) is 5.75 Å². The number of benzene rings is 2. The van der Waals surface area contributed by atoms with Gasteiger partial charge in [-0.25, -0.2) is 20.3 Å². The molecule has 3 aromatic rings. The normalized spacial score (nSPS) is 11.4. The van der Waals surface area contributed by atoms with Crippen LogP contribution in [0.2, 0.25) is 0 Å². The number of nitrogens with one attached hydrogen (secondary N) is 3. The van der Waals surface area contributed by atoms with Crippen molar-refractivity contribution in [3.63, 3.8) is 0 Å². The van der Waals surface area contributed by atoms with Crippen LogP contribution < -0.4 is 26.1 Å². The van der Waals surface area contributed by atoms with Gasteiger partial charge in [-0.05, 0) is 62.3 Å². The highest BCUT2D eigenvalue weighted by molar-refractivity contribution is 7.80. The van der Waals surface area contributed by atoms with Crippen LogP contribution in [-0.4, -0.2) is 28.1 Å². The number of nitrogens with two attached hydrogens (primary N) is 1. The molecule has 5 N–H and O–H groups in total. The Labute approximate surface area is 169 Å². The van der Waals surface area contributed by atoms with Gasteiger partial charge in [-0.1, -0.05) is 18.2 Å². The molecular formula is C20H23N6OS+. The number of nitrogens with zero attached hydrogens (tertiary/aromatic N) is 2. The highest BCUT2D eigenvalue weighted by Crippen LogP contribution is 2.22. The Kier molecular flexibility index (Phi) is 5.70. The van der Waals surface area contributed by atoms with Crippen LogP contribution >= 0.6 is 12.2 Å². The fourth-order valence-electron chi connectivity index (χ4n) is 2.87. The first kappa shape index (κ1) is 19.5. The molecule has 0 aliphatic carbocycles. The van der Waals surface area contributed by atoms with Gasteiger partial charge >= 0.3 is 5.96 Å². The highest BCUT2D eigenvalue weighted by Gasteiger charge is 2.11. The number of rotatable bonds is 3. The number of methoxy groups -OCH3 is 1. The van der Waals surface area contributed by atoms with E-state index in [1.54, 1.807) is 7.11 Å². The number of ether oxygens (including phenoxy) is 1. The van der Waals surface area contributed by atoms with E-state index >= 15 is 0 Å². The third-order valence-corrected chi connectivity index (χ3v) is 4.51. The van der Waals surface area contributed by atoms with Crippen LogP contribution in [-0.2, 0) is 0 Å². The molecule has 0 radical (unpaired) electrons. The number of aryl methyl sites for hydroxylation is 3. The molecule has 28 heavy (non-hydrogen) atoms. The van der Waals surface area contributed by atoms with E-state index in [2.05, 4.69) is 25.6 Å². The maximum absolute atomic E-state index is 6.04. The van der Waals surface area contributed by atoms with Gasteiger partial charge in [0.25, 0.3) is 11.1 Å². The minimum absolute atomic E-state index is 0.232. The van der Waals surface area contributed by atoms with Crippen LogP contribution in [0.3, 0.4) is 0 Å². The Morgan fingerprint density at radius 1 is 1.07 bits per heavy atom. The number of anilines is 2. The van der Waals surface area contributed by atoms with Gasteiger partial charge in [0.2, 0.25) is 0 Å². The lowest BCUT2D eigenvalue weighted by atomic mass is 10.1. The third kappa shape index (κ3) is 4.34. The summed E-state index contributed by atoms with van der Waals surface area (Å²) >= 11 is 5.36. The summed E-state index contributed by atoms with van der Waals surface area (Å²) in [5, 5.41) is 7.42. The van der Waals surface area contributed by atoms with Crippen molar-refractivity contribution in [2.45, 2.75) is 20.8 Å². The molecule has 0 bridgehead atoms. The molecule has 144 valence electrons. The minimum atomic E-state index is 0.232.